The van der Waals surface area contributed by atoms with Crippen molar-refractivity contribution in [2.45, 2.75) is 29.5 Å². The number of halogens is 1. The number of thiophene rings is 1. The predicted octanol–water partition coefficient (Wildman–Crippen LogP) is 3.61. The largest absolute Gasteiger partial charge is 0.468 e. The molecule has 0 aliphatic carbocycles. The van der Waals surface area contributed by atoms with Gasteiger partial charge in [0.1, 0.15) is 9.97 Å². The van der Waals surface area contributed by atoms with Gasteiger partial charge in [0.25, 0.3) is 0 Å². The predicted molar refractivity (Wildman–Crippen MR) is 94.1 cm³/mol. The number of likely N-dealkylation sites (tertiary alicyclic amines) is 1. The Morgan fingerprint density at radius 1 is 1.26 bits per heavy atom. The average Bonchev–Trinajstić information content (AvgIpc) is 3.20. The Balaban J connectivity index is 1.73. The van der Waals surface area contributed by atoms with E-state index in [2.05, 4.69) is 25.6 Å². The Labute approximate surface area is 148 Å². The minimum atomic E-state index is -3.49. The molecule has 126 valence electrons. The maximum Gasteiger partial charge on any atom is 0.250 e. The summed E-state index contributed by atoms with van der Waals surface area (Å²) in [6, 6.07) is 7.05. The highest BCUT2D eigenvalue weighted by Gasteiger charge is 2.27. The molecule has 1 aliphatic rings. The second-order valence-electron chi connectivity index (χ2n) is 5.54. The van der Waals surface area contributed by atoms with Gasteiger partial charge in [0.15, 0.2) is 0 Å². The van der Waals surface area contributed by atoms with Gasteiger partial charge in [-0.3, -0.25) is 4.90 Å². The van der Waals surface area contributed by atoms with Crippen molar-refractivity contribution in [1.82, 2.24) is 9.62 Å². The van der Waals surface area contributed by atoms with E-state index in [0.717, 1.165) is 35.5 Å². The fraction of sp³-hybridized carbons (Fsp3) is 0.467. The minimum absolute atomic E-state index is 0.0662. The highest BCUT2D eigenvalue weighted by atomic mass is 79.9. The summed E-state index contributed by atoms with van der Waals surface area (Å²) < 4.78 is 34.3. The smallest absolute Gasteiger partial charge is 0.250 e. The standard InChI is InChI=1S/C15H19BrN2O3S2/c16-14-6-7-15(22-14)23(19,20)17-11-12(13-5-4-10-21-13)18-8-2-1-3-9-18/h4-7,10,12,17H,1-3,8-9,11H2. The van der Waals surface area contributed by atoms with Crippen LogP contribution in [-0.2, 0) is 10.0 Å². The summed E-state index contributed by atoms with van der Waals surface area (Å²) >= 11 is 4.51. The van der Waals surface area contributed by atoms with Crippen LogP contribution < -0.4 is 4.72 Å². The lowest BCUT2D eigenvalue weighted by atomic mass is 10.1. The van der Waals surface area contributed by atoms with E-state index in [4.69, 9.17) is 4.42 Å². The van der Waals surface area contributed by atoms with Crippen LogP contribution in [0.25, 0.3) is 0 Å². The highest BCUT2D eigenvalue weighted by Crippen LogP contribution is 2.28. The Hall–Kier alpha value is -0.670. The number of hydrogen-bond donors (Lipinski definition) is 1. The zero-order valence-electron chi connectivity index (χ0n) is 12.6. The van der Waals surface area contributed by atoms with Gasteiger partial charge in [0.2, 0.25) is 10.0 Å². The second-order valence-corrected chi connectivity index (χ2v) is 10.00. The lowest BCUT2D eigenvalue weighted by Crippen LogP contribution is -2.40. The Morgan fingerprint density at radius 2 is 2.04 bits per heavy atom. The molecule has 1 unspecified atom stereocenters. The summed E-state index contributed by atoms with van der Waals surface area (Å²) in [6.07, 6.45) is 5.15. The summed E-state index contributed by atoms with van der Waals surface area (Å²) in [6.45, 7) is 2.25. The molecule has 0 bridgehead atoms. The van der Waals surface area contributed by atoms with Gasteiger partial charge in [-0.05, 0) is 66.1 Å². The van der Waals surface area contributed by atoms with Crippen LogP contribution in [0.3, 0.4) is 0 Å². The van der Waals surface area contributed by atoms with E-state index in [9.17, 15) is 8.42 Å². The molecule has 0 spiro atoms. The molecular weight excluding hydrogens is 400 g/mol. The quantitative estimate of drug-likeness (QED) is 0.777. The summed E-state index contributed by atoms with van der Waals surface area (Å²) in [5, 5.41) is 0. The number of nitrogens with one attached hydrogen (secondary N) is 1. The van der Waals surface area contributed by atoms with Crippen molar-refractivity contribution >= 4 is 37.3 Å². The van der Waals surface area contributed by atoms with Gasteiger partial charge in [0, 0.05) is 6.54 Å². The van der Waals surface area contributed by atoms with E-state index in [1.54, 1.807) is 18.4 Å². The van der Waals surface area contributed by atoms with E-state index in [1.165, 1.54) is 17.8 Å². The molecule has 0 radical (unpaired) electrons. The summed E-state index contributed by atoms with van der Waals surface area (Å²) in [5.41, 5.74) is 0. The van der Waals surface area contributed by atoms with Crippen LogP contribution in [0.5, 0.6) is 0 Å². The van der Waals surface area contributed by atoms with E-state index in [-0.39, 0.29) is 6.04 Å². The fourth-order valence-corrected chi connectivity index (χ4v) is 5.92. The molecule has 0 amide bonds. The normalized spacial score (nSPS) is 18.1. The SMILES string of the molecule is O=S(=O)(NCC(c1ccco1)N1CCCCC1)c1ccc(Br)s1. The van der Waals surface area contributed by atoms with E-state index < -0.39 is 10.0 Å². The number of hydrogen-bond acceptors (Lipinski definition) is 5. The molecule has 1 fully saturated rings. The molecule has 5 nitrogen and oxygen atoms in total. The van der Waals surface area contributed by atoms with Crippen LogP contribution in [0, 0.1) is 0 Å². The maximum absolute atomic E-state index is 12.4. The minimum Gasteiger partial charge on any atom is -0.468 e. The Morgan fingerprint density at radius 3 is 2.65 bits per heavy atom. The zero-order valence-corrected chi connectivity index (χ0v) is 15.8. The van der Waals surface area contributed by atoms with Crippen LogP contribution in [0.2, 0.25) is 0 Å². The molecule has 23 heavy (non-hydrogen) atoms. The van der Waals surface area contributed by atoms with E-state index >= 15 is 0 Å². The summed E-state index contributed by atoms with van der Waals surface area (Å²) in [4.78, 5) is 2.30. The molecule has 1 saturated heterocycles. The first-order chi connectivity index (χ1) is 11.1. The first-order valence-electron chi connectivity index (χ1n) is 7.59. The molecular formula is C15H19BrN2O3S2. The zero-order chi connectivity index (χ0) is 16.3. The molecule has 1 N–H and O–H groups in total. The molecule has 1 atom stereocenters. The number of furan rings is 1. The van der Waals surface area contributed by atoms with Crippen LogP contribution in [0.1, 0.15) is 31.1 Å². The van der Waals surface area contributed by atoms with Crippen molar-refractivity contribution in [3.8, 4) is 0 Å². The number of nitrogens with zero attached hydrogens (tertiary/aromatic N) is 1. The lowest BCUT2D eigenvalue weighted by molar-refractivity contribution is 0.147. The van der Waals surface area contributed by atoms with Crippen molar-refractivity contribution in [2.75, 3.05) is 19.6 Å². The van der Waals surface area contributed by atoms with E-state index in [1.807, 2.05) is 12.1 Å². The third-order valence-corrected chi connectivity index (χ3v) is 7.52. The van der Waals surface area contributed by atoms with Gasteiger partial charge in [0.05, 0.1) is 16.1 Å². The third kappa shape index (κ3) is 4.24. The van der Waals surface area contributed by atoms with Crippen molar-refractivity contribution in [3.63, 3.8) is 0 Å². The average molecular weight is 419 g/mol. The van der Waals surface area contributed by atoms with Crippen molar-refractivity contribution in [2.24, 2.45) is 0 Å². The number of sulfonamides is 1. The second kappa shape index (κ2) is 7.48. The first-order valence-corrected chi connectivity index (χ1v) is 10.7. The molecule has 0 aromatic carbocycles. The molecule has 2 aromatic heterocycles. The van der Waals surface area contributed by atoms with Gasteiger partial charge in [-0.15, -0.1) is 11.3 Å². The Bertz CT molecular complexity index is 722. The molecule has 3 rings (SSSR count). The Kier molecular flexibility index (Phi) is 5.58. The van der Waals surface area contributed by atoms with Crippen LogP contribution >= 0.6 is 27.3 Å². The summed E-state index contributed by atoms with van der Waals surface area (Å²) in [5.74, 6) is 0.807. The van der Waals surface area contributed by atoms with Crippen molar-refractivity contribution < 1.29 is 12.8 Å². The van der Waals surface area contributed by atoms with Crippen LogP contribution in [0.15, 0.2) is 42.9 Å². The molecule has 0 saturated carbocycles. The summed E-state index contributed by atoms with van der Waals surface area (Å²) in [7, 11) is -3.49. The van der Waals surface area contributed by atoms with Crippen LogP contribution in [-0.4, -0.2) is 33.0 Å². The van der Waals surface area contributed by atoms with E-state index in [0.29, 0.717) is 10.8 Å². The lowest BCUT2D eigenvalue weighted by Gasteiger charge is -2.33. The van der Waals surface area contributed by atoms with Gasteiger partial charge in [-0.2, -0.15) is 0 Å². The van der Waals surface area contributed by atoms with Gasteiger partial charge in [-0.1, -0.05) is 6.42 Å². The number of rotatable bonds is 6. The van der Waals surface area contributed by atoms with Crippen molar-refractivity contribution in [3.05, 3.63) is 40.1 Å². The van der Waals surface area contributed by atoms with Gasteiger partial charge in [-0.25, -0.2) is 13.1 Å². The first kappa shape index (κ1) is 17.2. The fourth-order valence-electron chi connectivity index (χ4n) is 2.82. The topological polar surface area (TPSA) is 62.6 Å². The highest BCUT2D eigenvalue weighted by molar-refractivity contribution is 9.11. The molecule has 2 aromatic rings. The van der Waals surface area contributed by atoms with Gasteiger partial charge >= 0.3 is 0 Å². The number of piperidine rings is 1. The molecule has 8 heteroatoms. The van der Waals surface area contributed by atoms with Crippen molar-refractivity contribution in [1.29, 1.82) is 0 Å². The maximum atomic E-state index is 12.4. The van der Waals surface area contributed by atoms with Crippen LogP contribution in [0.4, 0.5) is 0 Å². The third-order valence-electron chi connectivity index (χ3n) is 3.98. The molecule has 1 aliphatic heterocycles. The molecule has 3 heterocycles. The monoisotopic (exact) mass is 418 g/mol. The van der Waals surface area contributed by atoms with Gasteiger partial charge < -0.3 is 4.42 Å².